The third kappa shape index (κ3) is 5.25. The molecule has 0 N–H and O–H groups in total. The lowest BCUT2D eigenvalue weighted by Crippen LogP contribution is -1.94. The molecule has 0 saturated heterocycles. The van der Waals surface area contributed by atoms with Crippen LogP contribution in [-0.2, 0) is 11.4 Å². The fraction of sp³-hybridized carbons (Fsp3) is 0.0500. The Kier molecular flexibility index (Phi) is 6.92. The summed E-state index contributed by atoms with van der Waals surface area (Å²) in [5.74, 6) is 0. The van der Waals surface area contributed by atoms with Crippen LogP contribution in [0.15, 0.2) is 81.7 Å². The van der Waals surface area contributed by atoms with Crippen LogP contribution in [0.2, 0.25) is 10.0 Å². The van der Waals surface area contributed by atoms with Crippen molar-refractivity contribution < 1.29 is 9.76 Å². The average Bonchev–Trinajstić information content (AvgIpc) is 2.68. The highest BCUT2D eigenvalue weighted by Crippen LogP contribution is 2.35. The Hall–Kier alpha value is -2.54. The molecular weight excluding hydrogens is 419 g/mol. The molecule has 3 aromatic rings. The van der Waals surface area contributed by atoms with Crippen LogP contribution in [0.4, 0.5) is 5.69 Å². The third-order valence-corrected chi connectivity index (χ3v) is 5.48. The Morgan fingerprint density at radius 3 is 2.43 bits per heavy atom. The highest BCUT2D eigenvalue weighted by atomic mass is 35.5. The Morgan fingerprint density at radius 1 is 1.04 bits per heavy atom. The number of hydrogen-bond acceptors (Lipinski definition) is 5. The normalized spacial score (nSPS) is 10.9. The SMILES string of the molecule is O=[N+]([O-])c1cc(C=NOCc2c(Cl)cccc2Cl)ccc1Sc1ccccc1. The standard InChI is InChI=1S/C20H14Cl2N2O3S/c21-17-7-4-8-18(22)16(17)13-27-23-12-14-9-10-20(19(11-14)24(25)26)28-15-5-2-1-3-6-15/h1-12H,13H2. The maximum atomic E-state index is 11.4. The molecule has 0 aliphatic heterocycles. The van der Waals surface area contributed by atoms with Gasteiger partial charge in [-0.3, -0.25) is 10.1 Å². The first kappa shape index (κ1) is 20.2. The third-order valence-electron chi connectivity index (χ3n) is 3.70. The number of hydrogen-bond donors (Lipinski definition) is 0. The number of benzene rings is 3. The van der Waals surface area contributed by atoms with Crippen molar-refractivity contribution in [3.8, 4) is 0 Å². The summed E-state index contributed by atoms with van der Waals surface area (Å²) in [6.07, 6.45) is 1.41. The van der Waals surface area contributed by atoms with Gasteiger partial charge in [-0.25, -0.2) is 0 Å². The number of nitrogens with zero attached hydrogens (tertiary/aromatic N) is 2. The molecule has 5 nitrogen and oxygen atoms in total. The monoisotopic (exact) mass is 432 g/mol. The lowest BCUT2D eigenvalue weighted by molar-refractivity contribution is -0.387. The van der Waals surface area contributed by atoms with Crippen molar-refractivity contribution >= 4 is 46.9 Å². The molecule has 0 heterocycles. The molecule has 0 aromatic heterocycles. The summed E-state index contributed by atoms with van der Waals surface area (Å²) in [6.45, 7) is 0.0963. The van der Waals surface area contributed by atoms with Gasteiger partial charge in [-0.2, -0.15) is 0 Å². The van der Waals surface area contributed by atoms with E-state index in [0.29, 0.717) is 26.1 Å². The maximum absolute atomic E-state index is 11.4. The lowest BCUT2D eigenvalue weighted by Gasteiger charge is -2.05. The first-order valence-corrected chi connectivity index (χ1v) is 9.71. The molecule has 0 unspecified atom stereocenters. The van der Waals surface area contributed by atoms with E-state index < -0.39 is 4.92 Å². The summed E-state index contributed by atoms with van der Waals surface area (Å²) in [4.78, 5) is 17.7. The molecular formula is C20H14Cl2N2O3S. The zero-order valence-electron chi connectivity index (χ0n) is 14.4. The fourth-order valence-electron chi connectivity index (χ4n) is 2.33. The van der Waals surface area contributed by atoms with Crippen LogP contribution in [-0.4, -0.2) is 11.1 Å². The van der Waals surface area contributed by atoms with Crippen molar-refractivity contribution in [2.24, 2.45) is 5.16 Å². The summed E-state index contributed by atoms with van der Waals surface area (Å²) in [7, 11) is 0. The smallest absolute Gasteiger partial charge is 0.283 e. The molecule has 142 valence electrons. The summed E-state index contributed by atoms with van der Waals surface area (Å²) in [5.41, 5.74) is 1.19. The van der Waals surface area contributed by atoms with Gasteiger partial charge < -0.3 is 4.84 Å². The number of halogens is 2. The van der Waals surface area contributed by atoms with E-state index >= 15 is 0 Å². The molecule has 0 spiro atoms. The van der Waals surface area contributed by atoms with E-state index in [1.807, 2.05) is 30.3 Å². The minimum atomic E-state index is -0.410. The summed E-state index contributed by atoms with van der Waals surface area (Å²) in [5, 5.41) is 16.3. The van der Waals surface area contributed by atoms with Crippen LogP contribution < -0.4 is 0 Å². The molecule has 0 saturated carbocycles. The quantitative estimate of drug-likeness (QED) is 0.239. The Morgan fingerprint density at radius 2 is 1.75 bits per heavy atom. The van der Waals surface area contributed by atoms with E-state index in [4.69, 9.17) is 28.0 Å². The molecule has 3 rings (SSSR count). The molecule has 0 bridgehead atoms. The van der Waals surface area contributed by atoms with Crippen LogP contribution in [0.25, 0.3) is 0 Å². The van der Waals surface area contributed by atoms with Crippen molar-refractivity contribution in [2.75, 3.05) is 0 Å². The second kappa shape index (κ2) is 9.59. The lowest BCUT2D eigenvalue weighted by atomic mass is 10.2. The Labute approximate surface area is 176 Å². The molecule has 3 aromatic carbocycles. The van der Waals surface area contributed by atoms with E-state index in [1.54, 1.807) is 30.3 Å². The fourth-order valence-corrected chi connectivity index (χ4v) is 3.76. The average molecular weight is 433 g/mol. The highest BCUT2D eigenvalue weighted by Gasteiger charge is 2.15. The van der Waals surface area contributed by atoms with Crippen molar-refractivity contribution in [1.29, 1.82) is 0 Å². The second-order valence-electron chi connectivity index (χ2n) is 5.61. The predicted octanol–water partition coefficient (Wildman–Crippen LogP) is 6.60. The van der Waals surface area contributed by atoms with Crippen molar-refractivity contribution in [1.82, 2.24) is 0 Å². The van der Waals surface area contributed by atoms with E-state index in [9.17, 15) is 10.1 Å². The van der Waals surface area contributed by atoms with Crippen LogP contribution in [0.3, 0.4) is 0 Å². The maximum Gasteiger partial charge on any atom is 0.283 e. The summed E-state index contributed by atoms with van der Waals surface area (Å²) >= 11 is 13.5. The molecule has 8 heteroatoms. The van der Waals surface area contributed by atoms with Gasteiger partial charge >= 0.3 is 0 Å². The topological polar surface area (TPSA) is 64.7 Å². The van der Waals surface area contributed by atoms with E-state index in [-0.39, 0.29) is 12.3 Å². The molecule has 0 atom stereocenters. The zero-order valence-corrected chi connectivity index (χ0v) is 16.7. The van der Waals surface area contributed by atoms with Crippen LogP contribution >= 0.6 is 35.0 Å². The minimum Gasteiger partial charge on any atom is -0.391 e. The van der Waals surface area contributed by atoms with Gasteiger partial charge in [0, 0.05) is 32.1 Å². The number of oxime groups is 1. The predicted molar refractivity (Wildman–Crippen MR) is 113 cm³/mol. The summed E-state index contributed by atoms with van der Waals surface area (Å²) < 4.78 is 0. The zero-order chi connectivity index (χ0) is 19.9. The molecule has 0 aliphatic carbocycles. The number of nitro groups is 1. The van der Waals surface area contributed by atoms with Gasteiger partial charge in [0.25, 0.3) is 5.69 Å². The number of rotatable bonds is 7. The van der Waals surface area contributed by atoms with Gasteiger partial charge in [0.2, 0.25) is 0 Å². The molecule has 0 aliphatic rings. The first-order valence-electron chi connectivity index (χ1n) is 8.14. The number of nitro benzene ring substituents is 1. The molecule has 0 amide bonds. The minimum absolute atomic E-state index is 0.00644. The van der Waals surface area contributed by atoms with E-state index in [1.165, 1.54) is 24.0 Å². The largest absolute Gasteiger partial charge is 0.391 e. The van der Waals surface area contributed by atoms with Crippen molar-refractivity contribution in [2.45, 2.75) is 16.4 Å². The van der Waals surface area contributed by atoms with Gasteiger partial charge in [-0.15, -0.1) is 0 Å². The van der Waals surface area contributed by atoms with E-state index in [0.717, 1.165) is 4.90 Å². The summed E-state index contributed by atoms with van der Waals surface area (Å²) in [6, 6.07) is 19.5. The molecule has 28 heavy (non-hydrogen) atoms. The van der Waals surface area contributed by atoms with Gasteiger partial charge in [0.1, 0.15) is 6.61 Å². The molecule has 0 radical (unpaired) electrons. The van der Waals surface area contributed by atoms with E-state index in [2.05, 4.69) is 5.16 Å². The van der Waals surface area contributed by atoms with Gasteiger partial charge in [-0.1, -0.05) is 70.5 Å². The van der Waals surface area contributed by atoms with Crippen LogP contribution in [0, 0.1) is 10.1 Å². The van der Waals surface area contributed by atoms with Gasteiger partial charge in [-0.05, 0) is 30.3 Å². The second-order valence-corrected chi connectivity index (χ2v) is 7.54. The van der Waals surface area contributed by atoms with Crippen molar-refractivity contribution in [3.63, 3.8) is 0 Å². The molecule has 0 fully saturated rings. The highest BCUT2D eigenvalue weighted by molar-refractivity contribution is 7.99. The van der Waals surface area contributed by atoms with Gasteiger partial charge in [0.15, 0.2) is 0 Å². The van der Waals surface area contributed by atoms with Crippen LogP contribution in [0.5, 0.6) is 0 Å². The Bertz CT molecular complexity index is 993. The van der Waals surface area contributed by atoms with Gasteiger partial charge in [0.05, 0.1) is 16.0 Å². The van der Waals surface area contributed by atoms with Crippen molar-refractivity contribution in [3.05, 3.63) is 98.0 Å². The first-order chi connectivity index (χ1) is 13.5. The van der Waals surface area contributed by atoms with Crippen LogP contribution in [0.1, 0.15) is 11.1 Å². The Balaban J connectivity index is 1.71.